The van der Waals surface area contributed by atoms with E-state index in [1.807, 2.05) is 0 Å². The van der Waals surface area contributed by atoms with Gasteiger partial charge in [0.25, 0.3) is 0 Å². The maximum atomic E-state index is 11.8. The van der Waals surface area contributed by atoms with E-state index in [-0.39, 0.29) is 28.7 Å². The van der Waals surface area contributed by atoms with Crippen LogP contribution in [0, 0.1) is 0 Å². The Kier molecular flexibility index (Phi) is 6.93. The molecule has 17 nitrogen and oxygen atoms in total. The SMILES string of the molecule is Nc1ncnc2c1nc(Cl)n2[C@H]1C[C@H](O)[C@@H](COP(=O)(O)OP(=O)(O)OP(=O)(O)O)O1. The summed E-state index contributed by atoms with van der Waals surface area (Å²) in [7, 11) is -16.6. The number of aliphatic hydroxyl groups is 1. The highest BCUT2D eigenvalue weighted by Gasteiger charge is 2.43. The Bertz CT molecular complexity index is 1120. The Balaban J connectivity index is 1.68. The van der Waals surface area contributed by atoms with Gasteiger partial charge in [0.1, 0.15) is 18.7 Å². The van der Waals surface area contributed by atoms with E-state index in [1.54, 1.807) is 0 Å². The number of aromatic nitrogens is 4. The Labute approximate surface area is 177 Å². The molecule has 174 valence electrons. The van der Waals surface area contributed by atoms with Gasteiger partial charge < -0.3 is 35.2 Å². The van der Waals surface area contributed by atoms with Gasteiger partial charge in [0.15, 0.2) is 17.0 Å². The lowest BCUT2D eigenvalue weighted by atomic mass is 10.2. The van der Waals surface area contributed by atoms with Crippen LogP contribution in [-0.2, 0) is 31.6 Å². The zero-order chi connectivity index (χ0) is 23.2. The van der Waals surface area contributed by atoms with Crippen LogP contribution in [0.25, 0.3) is 11.2 Å². The number of halogens is 1. The summed E-state index contributed by atoms with van der Waals surface area (Å²) in [6.45, 7) is -0.831. The normalized spacial score (nSPS) is 26.1. The molecule has 2 aromatic rings. The second-order valence-electron chi connectivity index (χ2n) is 6.00. The third kappa shape index (κ3) is 6.06. The summed E-state index contributed by atoms with van der Waals surface area (Å²) < 4.78 is 52.2. The fraction of sp³-hybridized carbons (Fsp3) is 0.500. The van der Waals surface area contributed by atoms with E-state index in [1.165, 1.54) is 4.57 Å². The number of hydrogen-bond donors (Lipinski definition) is 6. The van der Waals surface area contributed by atoms with Crippen molar-refractivity contribution in [2.24, 2.45) is 0 Å². The molecule has 21 heteroatoms. The fourth-order valence-corrected chi connectivity index (χ4v) is 5.95. The van der Waals surface area contributed by atoms with Crippen LogP contribution in [-0.4, -0.2) is 63.0 Å². The van der Waals surface area contributed by atoms with Gasteiger partial charge in [0, 0.05) is 6.42 Å². The maximum Gasteiger partial charge on any atom is 0.490 e. The number of hydrogen-bond acceptors (Lipinski definition) is 12. The van der Waals surface area contributed by atoms with E-state index in [4.69, 9.17) is 36.8 Å². The molecule has 0 radical (unpaired) electrons. The van der Waals surface area contributed by atoms with Crippen molar-refractivity contribution in [1.82, 2.24) is 19.5 Å². The average molecular weight is 526 g/mol. The molecule has 2 unspecified atom stereocenters. The van der Waals surface area contributed by atoms with Crippen LogP contribution in [0.5, 0.6) is 0 Å². The van der Waals surface area contributed by atoms with Gasteiger partial charge in [-0.25, -0.2) is 28.6 Å². The van der Waals surface area contributed by atoms with Crippen LogP contribution in [0.4, 0.5) is 5.82 Å². The molecule has 0 bridgehead atoms. The van der Waals surface area contributed by atoms with Crippen LogP contribution < -0.4 is 5.73 Å². The van der Waals surface area contributed by atoms with Gasteiger partial charge in [-0.1, -0.05) is 0 Å². The number of imidazole rings is 1. The van der Waals surface area contributed by atoms with Gasteiger partial charge in [-0.05, 0) is 11.6 Å². The van der Waals surface area contributed by atoms with Crippen LogP contribution >= 0.6 is 35.1 Å². The van der Waals surface area contributed by atoms with Crippen molar-refractivity contribution in [3.63, 3.8) is 0 Å². The summed E-state index contributed by atoms with van der Waals surface area (Å²) >= 11 is 6.08. The number of rotatable bonds is 8. The summed E-state index contributed by atoms with van der Waals surface area (Å²) in [4.78, 5) is 47.4. The largest absolute Gasteiger partial charge is 0.490 e. The number of aliphatic hydroxyl groups excluding tert-OH is 1. The second kappa shape index (κ2) is 8.72. The van der Waals surface area contributed by atoms with Gasteiger partial charge in [-0.15, -0.1) is 0 Å². The Morgan fingerprint density at radius 3 is 2.52 bits per heavy atom. The molecular formula is C10H15ClN5O12P3. The van der Waals surface area contributed by atoms with Gasteiger partial charge in [-0.2, -0.15) is 8.62 Å². The van der Waals surface area contributed by atoms with Gasteiger partial charge >= 0.3 is 23.5 Å². The van der Waals surface area contributed by atoms with E-state index < -0.39 is 48.5 Å². The molecule has 5 atom stereocenters. The number of fused-ring (bicyclic) bond motifs is 1. The molecule has 1 aliphatic heterocycles. The predicted molar refractivity (Wildman–Crippen MR) is 99.1 cm³/mol. The van der Waals surface area contributed by atoms with Gasteiger partial charge in [0.2, 0.25) is 5.28 Å². The minimum Gasteiger partial charge on any atom is -0.390 e. The van der Waals surface area contributed by atoms with Crippen molar-refractivity contribution < 1.29 is 56.3 Å². The van der Waals surface area contributed by atoms with Crippen molar-refractivity contribution in [3.8, 4) is 0 Å². The monoisotopic (exact) mass is 525 g/mol. The van der Waals surface area contributed by atoms with E-state index >= 15 is 0 Å². The van der Waals surface area contributed by atoms with Crippen molar-refractivity contribution >= 4 is 52.1 Å². The number of anilines is 1. The van der Waals surface area contributed by atoms with E-state index in [0.717, 1.165) is 6.33 Å². The minimum atomic E-state index is -5.66. The number of nitrogen functional groups attached to an aromatic ring is 1. The number of ether oxygens (including phenoxy) is 1. The Morgan fingerprint density at radius 1 is 1.19 bits per heavy atom. The highest BCUT2D eigenvalue weighted by Crippen LogP contribution is 2.66. The summed E-state index contributed by atoms with van der Waals surface area (Å²) in [6, 6.07) is 0. The number of nitrogens with zero attached hydrogens (tertiary/aromatic N) is 4. The molecular weight excluding hydrogens is 511 g/mol. The first kappa shape index (κ1) is 24.6. The molecule has 0 saturated carbocycles. The zero-order valence-corrected chi connectivity index (χ0v) is 18.3. The predicted octanol–water partition coefficient (Wildman–Crippen LogP) is 0.0536. The van der Waals surface area contributed by atoms with Gasteiger partial charge in [-0.3, -0.25) is 9.09 Å². The van der Waals surface area contributed by atoms with Crippen LogP contribution in [0.15, 0.2) is 6.33 Å². The van der Waals surface area contributed by atoms with Crippen LogP contribution in [0.1, 0.15) is 12.6 Å². The van der Waals surface area contributed by atoms with Crippen LogP contribution in [0.2, 0.25) is 5.28 Å². The first-order valence-electron chi connectivity index (χ1n) is 7.93. The molecule has 1 saturated heterocycles. The van der Waals surface area contributed by atoms with E-state index in [2.05, 4.69) is 28.1 Å². The summed E-state index contributed by atoms with van der Waals surface area (Å²) in [5, 5.41) is 10.1. The molecule has 0 aromatic carbocycles. The molecule has 0 amide bonds. The quantitative estimate of drug-likeness (QED) is 0.196. The molecule has 0 spiro atoms. The zero-order valence-electron chi connectivity index (χ0n) is 14.9. The van der Waals surface area contributed by atoms with Crippen molar-refractivity contribution in [2.75, 3.05) is 12.3 Å². The summed E-state index contributed by atoms with van der Waals surface area (Å²) in [6.07, 6.45) is -2.38. The number of phosphoric ester groups is 1. The standard InChI is InChI=1S/C10H15ClN5O12P3/c11-10-15-7-8(12)13-3-14-9(7)16(10)6-1-4(17)5(26-6)2-25-30(21,22)28-31(23,24)27-29(18,19)20/h3-6,17H,1-2H2,(H,21,22)(H,23,24)(H2,12,13,14)(H2,18,19,20)/t4-,5+,6+/m0/s1. The third-order valence-corrected chi connectivity index (χ3v) is 7.84. The van der Waals surface area contributed by atoms with E-state index in [0.29, 0.717) is 0 Å². The lowest BCUT2D eigenvalue weighted by Gasteiger charge is -2.19. The van der Waals surface area contributed by atoms with Gasteiger partial charge in [0.05, 0.1) is 12.7 Å². The summed E-state index contributed by atoms with van der Waals surface area (Å²) in [5.41, 5.74) is 6.09. The molecule has 1 fully saturated rings. The number of nitrogens with two attached hydrogens (primary N) is 1. The highest BCUT2D eigenvalue weighted by atomic mass is 35.5. The first-order chi connectivity index (χ1) is 14.2. The van der Waals surface area contributed by atoms with Crippen molar-refractivity contribution in [2.45, 2.75) is 24.9 Å². The molecule has 1 aliphatic rings. The molecule has 3 rings (SSSR count). The first-order valence-corrected chi connectivity index (χ1v) is 12.8. The lowest BCUT2D eigenvalue weighted by molar-refractivity contribution is -0.0422. The maximum absolute atomic E-state index is 11.8. The smallest absolute Gasteiger partial charge is 0.390 e. The molecule has 2 aromatic heterocycles. The second-order valence-corrected chi connectivity index (χ2v) is 10.8. The van der Waals surface area contributed by atoms with Crippen molar-refractivity contribution in [3.05, 3.63) is 11.6 Å². The Morgan fingerprint density at radius 2 is 1.87 bits per heavy atom. The van der Waals surface area contributed by atoms with Crippen LogP contribution in [0.3, 0.4) is 0 Å². The van der Waals surface area contributed by atoms with E-state index in [9.17, 15) is 23.7 Å². The minimum absolute atomic E-state index is 0.0494. The highest BCUT2D eigenvalue weighted by molar-refractivity contribution is 7.66. The summed E-state index contributed by atoms with van der Waals surface area (Å²) in [5.74, 6) is 0.0494. The molecule has 31 heavy (non-hydrogen) atoms. The lowest BCUT2D eigenvalue weighted by Crippen LogP contribution is -2.26. The number of phosphoric acid groups is 3. The molecule has 0 aliphatic carbocycles. The van der Waals surface area contributed by atoms with Crippen molar-refractivity contribution in [1.29, 1.82) is 0 Å². The molecule has 3 heterocycles. The molecule has 7 N–H and O–H groups in total. The fourth-order valence-electron chi connectivity index (χ4n) is 2.65. The third-order valence-electron chi connectivity index (χ3n) is 3.77. The average Bonchev–Trinajstić information content (AvgIpc) is 3.09. The topological polar surface area (TPSA) is 259 Å². The Hall–Kier alpha value is -1.03.